The van der Waals surface area contributed by atoms with Crippen LogP contribution in [0.2, 0.25) is 0 Å². The second kappa shape index (κ2) is 8.20. The summed E-state index contributed by atoms with van der Waals surface area (Å²) in [5, 5.41) is 34.3. The first-order valence-electron chi connectivity index (χ1n) is 13.5. The van der Waals surface area contributed by atoms with E-state index in [1.165, 1.54) is 11.1 Å². The van der Waals surface area contributed by atoms with E-state index in [2.05, 4.69) is 67.5 Å². The number of fused-ring (bicyclic) bond motifs is 5. The summed E-state index contributed by atoms with van der Waals surface area (Å²) in [5.74, 6) is 1.13. The second-order valence-electron chi connectivity index (χ2n) is 14.0. The fourth-order valence-electron chi connectivity index (χ4n) is 10.1. The third kappa shape index (κ3) is 3.54. The van der Waals surface area contributed by atoms with E-state index in [1.807, 2.05) is 0 Å². The molecule has 4 fully saturated rings. The Balaban J connectivity index is 1.71. The molecular weight excluding hydrogens is 408 g/mol. The van der Waals surface area contributed by atoms with Gasteiger partial charge < -0.3 is 15.3 Å². The summed E-state index contributed by atoms with van der Waals surface area (Å²) in [6.07, 6.45) is 10.2. The van der Waals surface area contributed by atoms with E-state index in [0.29, 0.717) is 11.8 Å². The van der Waals surface area contributed by atoms with Crippen LogP contribution >= 0.6 is 0 Å². The SMILES string of the molecule is CC(C)=CC/C=C(\C)[C@H]1CC[C@]2(C)[C@@H]1[C@H](O)C[C@@H]1[C@@]3(C)CC[C@H](O)C(C)(C)[C@H]3[C@@H](O)C[C@]12C. The van der Waals surface area contributed by atoms with Crippen LogP contribution < -0.4 is 0 Å². The lowest BCUT2D eigenvalue weighted by molar-refractivity contribution is -0.270. The maximum atomic E-state index is 11.7. The maximum Gasteiger partial charge on any atom is 0.0595 e. The molecule has 0 saturated heterocycles. The lowest BCUT2D eigenvalue weighted by atomic mass is 9.34. The molecule has 4 aliphatic carbocycles. The first-order valence-corrected chi connectivity index (χ1v) is 13.5. The maximum absolute atomic E-state index is 11.7. The van der Waals surface area contributed by atoms with Crippen molar-refractivity contribution in [2.45, 2.75) is 119 Å². The Labute approximate surface area is 202 Å². The molecule has 4 rings (SSSR count). The number of rotatable bonds is 3. The quantitative estimate of drug-likeness (QED) is 0.436. The molecule has 0 radical (unpaired) electrons. The van der Waals surface area contributed by atoms with Crippen molar-refractivity contribution in [3.63, 3.8) is 0 Å². The Hall–Kier alpha value is -0.640. The molecule has 0 amide bonds. The monoisotopic (exact) mass is 458 g/mol. The van der Waals surface area contributed by atoms with Gasteiger partial charge >= 0.3 is 0 Å². The summed E-state index contributed by atoms with van der Waals surface area (Å²) in [7, 11) is 0. The second-order valence-corrected chi connectivity index (χ2v) is 14.0. The van der Waals surface area contributed by atoms with Gasteiger partial charge in [-0.1, -0.05) is 57.9 Å². The molecule has 3 heteroatoms. The zero-order valence-corrected chi connectivity index (χ0v) is 22.5. The fraction of sp³-hybridized carbons (Fsp3) is 0.867. The van der Waals surface area contributed by atoms with Crippen molar-refractivity contribution in [1.82, 2.24) is 0 Å². The van der Waals surface area contributed by atoms with Crippen LogP contribution in [0.1, 0.15) is 100 Å². The Morgan fingerprint density at radius 3 is 2.15 bits per heavy atom. The summed E-state index contributed by atoms with van der Waals surface area (Å²) in [6.45, 7) is 18.1. The average Bonchev–Trinajstić information content (AvgIpc) is 3.07. The first kappa shape index (κ1) is 25.5. The minimum absolute atomic E-state index is 0.00508. The van der Waals surface area contributed by atoms with Gasteiger partial charge in [-0.05, 0) is 111 Å². The van der Waals surface area contributed by atoms with E-state index in [-0.39, 0.29) is 45.7 Å². The van der Waals surface area contributed by atoms with Crippen LogP contribution in [0.15, 0.2) is 23.3 Å². The summed E-state index contributed by atoms with van der Waals surface area (Å²) in [6, 6.07) is 0. The van der Waals surface area contributed by atoms with Gasteiger partial charge in [-0.3, -0.25) is 0 Å². The summed E-state index contributed by atoms with van der Waals surface area (Å²) >= 11 is 0. The van der Waals surface area contributed by atoms with Gasteiger partial charge in [-0.25, -0.2) is 0 Å². The van der Waals surface area contributed by atoms with E-state index in [1.54, 1.807) is 0 Å². The third-order valence-corrected chi connectivity index (χ3v) is 11.8. The highest BCUT2D eigenvalue weighted by Gasteiger charge is 2.72. The molecule has 4 aliphatic rings. The number of allylic oxidation sites excluding steroid dienone is 4. The van der Waals surface area contributed by atoms with Crippen molar-refractivity contribution in [3.8, 4) is 0 Å². The van der Waals surface area contributed by atoms with Gasteiger partial charge in [0, 0.05) is 0 Å². The predicted octanol–water partition coefficient (Wildman–Crippen LogP) is 6.28. The van der Waals surface area contributed by atoms with Crippen molar-refractivity contribution in [2.75, 3.05) is 0 Å². The molecule has 0 heterocycles. The predicted molar refractivity (Wildman–Crippen MR) is 136 cm³/mol. The van der Waals surface area contributed by atoms with Crippen LogP contribution in [0.25, 0.3) is 0 Å². The summed E-state index contributed by atoms with van der Waals surface area (Å²) in [4.78, 5) is 0. The molecule has 0 aromatic heterocycles. The minimum Gasteiger partial charge on any atom is -0.393 e. The van der Waals surface area contributed by atoms with E-state index in [0.717, 1.165) is 44.9 Å². The number of hydrogen-bond donors (Lipinski definition) is 3. The highest BCUT2D eigenvalue weighted by molar-refractivity contribution is 5.24. The van der Waals surface area contributed by atoms with Crippen molar-refractivity contribution in [3.05, 3.63) is 23.3 Å². The van der Waals surface area contributed by atoms with E-state index >= 15 is 0 Å². The average molecular weight is 459 g/mol. The largest absolute Gasteiger partial charge is 0.393 e. The number of hydrogen-bond acceptors (Lipinski definition) is 3. The zero-order valence-electron chi connectivity index (χ0n) is 22.5. The van der Waals surface area contributed by atoms with Gasteiger partial charge in [0.1, 0.15) is 0 Å². The Morgan fingerprint density at radius 2 is 1.52 bits per heavy atom. The van der Waals surface area contributed by atoms with Crippen molar-refractivity contribution >= 4 is 0 Å². The Morgan fingerprint density at radius 1 is 0.848 bits per heavy atom. The van der Waals surface area contributed by atoms with Crippen molar-refractivity contribution in [2.24, 2.45) is 45.3 Å². The van der Waals surface area contributed by atoms with Crippen LogP contribution in [-0.2, 0) is 0 Å². The molecule has 3 nitrogen and oxygen atoms in total. The van der Waals surface area contributed by atoms with Crippen molar-refractivity contribution < 1.29 is 15.3 Å². The van der Waals surface area contributed by atoms with Crippen LogP contribution in [0.4, 0.5) is 0 Å². The standard InChI is InChI=1S/C30H50O3/c1-18(2)10-9-11-19(3)20-12-15-29(7)25(20)21(31)16-23-28(6)14-13-24(33)27(4,5)26(28)22(32)17-30(23,29)8/h10-11,20-26,31-33H,9,12-17H2,1-8H3/b19-11+/t20-,21-,22+,23-,24+,25+,26-,28-,29-,30-/m1/s1. The van der Waals surface area contributed by atoms with Gasteiger partial charge in [-0.15, -0.1) is 0 Å². The van der Waals surface area contributed by atoms with Crippen LogP contribution in [0, 0.1) is 45.3 Å². The van der Waals surface area contributed by atoms with Gasteiger partial charge in [0.2, 0.25) is 0 Å². The highest BCUT2D eigenvalue weighted by Crippen LogP contribution is 2.75. The Kier molecular flexibility index (Phi) is 6.33. The molecule has 3 N–H and O–H groups in total. The number of aliphatic hydroxyl groups is 3. The lowest BCUT2D eigenvalue weighted by Crippen LogP contribution is -2.69. The highest BCUT2D eigenvalue weighted by atomic mass is 16.3. The topological polar surface area (TPSA) is 60.7 Å². The molecule has 0 bridgehead atoms. The molecule has 0 aliphatic heterocycles. The normalized spacial score (nSPS) is 51.4. The molecule has 4 saturated carbocycles. The Bertz CT molecular complexity index is 822. The summed E-state index contributed by atoms with van der Waals surface area (Å²) < 4.78 is 0. The minimum atomic E-state index is -0.401. The first-order chi connectivity index (χ1) is 15.2. The van der Waals surface area contributed by atoms with Gasteiger partial charge in [0.25, 0.3) is 0 Å². The summed E-state index contributed by atoms with van der Waals surface area (Å²) in [5.41, 5.74) is 2.43. The molecule has 0 spiro atoms. The van der Waals surface area contributed by atoms with Crippen LogP contribution in [0.5, 0.6) is 0 Å². The van der Waals surface area contributed by atoms with Crippen molar-refractivity contribution in [1.29, 1.82) is 0 Å². The molecule has 33 heavy (non-hydrogen) atoms. The van der Waals surface area contributed by atoms with Gasteiger partial charge in [0.05, 0.1) is 18.3 Å². The molecule has 0 aromatic carbocycles. The molecule has 0 unspecified atom stereocenters. The smallest absolute Gasteiger partial charge is 0.0595 e. The van der Waals surface area contributed by atoms with Gasteiger partial charge in [-0.2, -0.15) is 0 Å². The zero-order chi connectivity index (χ0) is 24.6. The molecule has 0 aromatic rings. The van der Waals surface area contributed by atoms with Crippen LogP contribution in [-0.4, -0.2) is 33.6 Å². The fourth-order valence-corrected chi connectivity index (χ4v) is 10.1. The third-order valence-electron chi connectivity index (χ3n) is 11.8. The molecular formula is C30H50O3. The van der Waals surface area contributed by atoms with Gasteiger partial charge in [0.15, 0.2) is 0 Å². The molecule has 10 atom stereocenters. The molecule has 188 valence electrons. The lowest BCUT2D eigenvalue weighted by Gasteiger charge is -2.71. The van der Waals surface area contributed by atoms with Crippen LogP contribution in [0.3, 0.4) is 0 Å². The van der Waals surface area contributed by atoms with E-state index < -0.39 is 6.10 Å². The van der Waals surface area contributed by atoms with E-state index in [9.17, 15) is 15.3 Å². The number of aliphatic hydroxyl groups excluding tert-OH is 3. The van der Waals surface area contributed by atoms with E-state index in [4.69, 9.17) is 0 Å².